The Balaban J connectivity index is 1.43. The van der Waals surface area contributed by atoms with Gasteiger partial charge in [0.2, 0.25) is 5.95 Å². The van der Waals surface area contributed by atoms with Gasteiger partial charge in [0.15, 0.2) is 0 Å². The minimum atomic E-state index is -0.643. The number of urea groups is 1. The summed E-state index contributed by atoms with van der Waals surface area (Å²) in [4.78, 5) is 23.5. The molecule has 4 rings (SSSR count). The first-order valence-corrected chi connectivity index (χ1v) is 11.2. The summed E-state index contributed by atoms with van der Waals surface area (Å²) in [5.74, 6) is 0.882. The highest BCUT2D eigenvalue weighted by Gasteiger charge is 2.29. The first kappa shape index (κ1) is 23.0. The average Bonchev–Trinajstić information content (AvgIpc) is 3.08. The van der Waals surface area contributed by atoms with Crippen molar-refractivity contribution >= 4 is 28.6 Å². The lowest BCUT2D eigenvalue weighted by molar-refractivity contribution is 0.0349. The summed E-state index contributed by atoms with van der Waals surface area (Å²) in [5.41, 5.74) is 1.21. The highest BCUT2D eigenvalue weighted by molar-refractivity contribution is 5.89. The third-order valence-electron chi connectivity index (χ3n) is 6.19. The largest absolute Gasteiger partial charge is 0.459 e. The van der Waals surface area contributed by atoms with Crippen LogP contribution >= 0.6 is 0 Å². The Kier molecular flexibility index (Phi) is 6.25. The minimum Gasteiger partial charge on any atom is -0.459 e. The Bertz CT molecular complexity index is 1130. The molecule has 2 aromatic heterocycles. The molecule has 1 aliphatic rings. The van der Waals surface area contributed by atoms with Gasteiger partial charge in [0.25, 0.3) is 0 Å². The van der Waals surface area contributed by atoms with Gasteiger partial charge in [-0.1, -0.05) is 13.8 Å². The SMILES string of the molecule is Cc1c(C(NC(=O)Nc2cnc(N3CCC(C)(O)CC3)nc2)C(C)C)oc2ccc(F)cc12. The van der Waals surface area contributed by atoms with Gasteiger partial charge >= 0.3 is 6.03 Å². The second-order valence-electron chi connectivity index (χ2n) is 9.31. The van der Waals surface area contributed by atoms with Crippen LogP contribution in [0.15, 0.2) is 35.0 Å². The number of piperidine rings is 1. The van der Waals surface area contributed by atoms with E-state index in [9.17, 15) is 14.3 Å². The zero-order valence-electron chi connectivity index (χ0n) is 19.4. The van der Waals surface area contributed by atoms with Crippen LogP contribution in [0.4, 0.5) is 20.8 Å². The number of hydrogen-bond donors (Lipinski definition) is 3. The lowest BCUT2D eigenvalue weighted by atomic mass is 9.94. The lowest BCUT2D eigenvalue weighted by Crippen LogP contribution is -2.43. The summed E-state index contributed by atoms with van der Waals surface area (Å²) < 4.78 is 19.6. The van der Waals surface area contributed by atoms with Gasteiger partial charge in [-0.2, -0.15) is 0 Å². The van der Waals surface area contributed by atoms with E-state index in [-0.39, 0.29) is 11.7 Å². The Morgan fingerprint density at radius 2 is 1.91 bits per heavy atom. The number of rotatable bonds is 5. The second kappa shape index (κ2) is 8.97. The van der Waals surface area contributed by atoms with Crippen LogP contribution in [0.5, 0.6) is 0 Å². The number of aryl methyl sites for hydroxylation is 1. The smallest absolute Gasteiger partial charge is 0.319 e. The molecule has 9 heteroatoms. The van der Waals surface area contributed by atoms with Crippen molar-refractivity contribution in [1.29, 1.82) is 0 Å². The van der Waals surface area contributed by atoms with Crippen LogP contribution in [0.25, 0.3) is 11.0 Å². The van der Waals surface area contributed by atoms with Crippen molar-refractivity contribution in [2.75, 3.05) is 23.3 Å². The number of fused-ring (bicyclic) bond motifs is 1. The maximum absolute atomic E-state index is 13.7. The highest BCUT2D eigenvalue weighted by Crippen LogP contribution is 2.33. The topological polar surface area (TPSA) is 104 Å². The van der Waals surface area contributed by atoms with E-state index in [1.807, 2.05) is 32.6 Å². The van der Waals surface area contributed by atoms with Gasteiger partial charge in [-0.3, -0.25) is 0 Å². The highest BCUT2D eigenvalue weighted by atomic mass is 19.1. The lowest BCUT2D eigenvalue weighted by Gasteiger charge is -2.35. The normalized spacial score (nSPS) is 16.8. The Labute approximate surface area is 192 Å². The van der Waals surface area contributed by atoms with E-state index in [0.29, 0.717) is 54.3 Å². The molecule has 1 fully saturated rings. The van der Waals surface area contributed by atoms with Crippen LogP contribution < -0.4 is 15.5 Å². The molecule has 0 aliphatic carbocycles. The molecular weight excluding hydrogens is 425 g/mol. The number of furan rings is 1. The first-order chi connectivity index (χ1) is 15.6. The van der Waals surface area contributed by atoms with E-state index in [0.717, 1.165) is 5.56 Å². The van der Waals surface area contributed by atoms with Crippen LogP contribution in [0, 0.1) is 18.7 Å². The number of aliphatic hydroxyl groups is 1. The summed E-state index contributed by atoms with van der Waals surface area (Å²) in [6.45, 7) is 9.01. The average molecular weight is 456 g/mol. The van der Waals surface area contributed by atoms with Crippen molar-refractivity contribution < 1.29 is 18.7 Å². The van der Waals surface area contributed by atoms with Gasteiger partial charge in [-0.05, 0) is 50.8 Å². The molecule has 2 amide bonds. The van der Waals surface area contributed by atoms with E-state index >= 15 is 0 Å². The molecule has 3 heterocycles. The maximum Gasteiger partial charge on any atom is 0.319 e. The molecule has 33 heavy (non-hydrogen) atoms. The summed E-state index contributed by atoms with van der Waals surface area (Å²) >= 11 is 0. The number of nitrogens with one attached hydrogen (secondary N) is 2. The number of aromatic nitrogens is 2. The molecule has 1 aliphatic heterocycles. The van der Waals surface area contributed by atoms with Crippen LogP contribution in [-0.2, 0) is 0 Å². The molecule has 1 unspecified atom stereocenters. The number of benzene rings is 1. The molecule has 8 nitrogen and oxygen atoms in total. The third kappa shape index (κ3) is 5.08. The number of halogens is 1. The van der Waals surface area contributed by atoms with Gasteiger partial charge < -0.3 is 25.1 Å². The molecule has 1 atom stereocenters. The fraction of sp³-hybridized carbons (Fsp3) is 0.458. The molecule has 176 valence electrons. The Morgan fingerprint density at radius 3 is 2.55 bits per heavy atom. The zero-order chi connectivity index (χ0) is 23.8. The van der Waals surface area contributed by atoms with Gasteiger partial charge in [0.1, 0.15) is 17.2 Å². The van der Waals surface area contributed by atoms with Crippen molar-refractivity contribution in [3.63, 3.8) is 0 Å². The Hall–Kier alpha value is -3.20. The third-order valence-corrected chi connectivity index (χ3v) is 6.19. The number of anilines is 2. The number of amides is 2. The van der Waals surface area contributed by atoms with E-state index in [1.54, 1.807) is 18.5 Å². The predicted octanol–water partition coefficient (Wildman–Crippen LogP) is 4.54. The standard InChI is InChI=1S/C24H30FN5O3/c1-14(2)20(21-15(3)18-11-16(25)5-6-19(18)33-21)29-23(31)28-17-12-26-22(27-13-17)30-9-7-24(4,32)8-10-30/h5-6,11-14,20,32H,7-10H2,1-4H3,(H2,28,29,31). The molecule has 0 saturated carbocycles. The molecule has 1 aromatic carbocycles. The molecule has 3 aromatic rings. The Morgan fingerprint density at radius 1 is 1.24 bits per heavy atom. The van der Waals surface area contributed by atoms with E-state index in [1.165, 1.54) is 12.1 Å². The predicted molar refractivity (Wildman–Crippen MR) is 125 cm³/mol. The number of hydrogen-bond acceptors (Lipinski definition) is 6. The molecule has 3 N–H and O–H groups in total. The van der Waals surface area contributed by atoms with Crippen molar-refractivity contribution in [2.45, 2.75) is 52.2 Å². The fourth-order valence-electron chi connectivity index (χ4n) is 4.09. The monoisotopic (exact) mass is 455 g/mol. The minimum absolute atomic E-state index is 0.0368. The van der Waals surface area contributed by atoms with Crippen LogP contribution in [-0.4, -0.2) is 39.8 Å². The first-order valence-electron chi connectivity index (χ1n) is 11.2. The summed E-state index contributed by atoms with van der Waals surface area (Å²) in [6, 6.07) is 3.58. The van der Waals surface area contributed by atoms with E-state index < -0.39 is 17.7 Å². The van der Waals surface area contributed by atoms with Crippen LogP contribution in [0.2, 0.25) is 0 Å². The second-order valence-corrected chi connectivity index (χ2v) is 9.31. The molecule has 1 saturated heterocycles. The molecule has 0 bridgehead atoms. The van der Waals surface area contributed by atoms with E-state index in [2.05, 4.69) is 20.6 Å². The molecule has 0 radical (unpaired) electrons. The molecule has 0 spiro atoms. The summed E-state index contributed by atoms with van der Waals surface area (Å²) in [5, 5.41) is 16.5. The van der Waals surface area contributed by atoms with Gasteiger partial charge in [0.05, 0.1) is 29.7 Å². The fourth-order valence-corrected chi connectivity index (χ4v) is 4.09. The number of carbonyl (C=O) groups is 1. The van der Waals surface area contributed by atoms with Crippen molar-refractivity contribution in [3.8, 4) is 0 Å². The van der Waals surface area contributed by atoms with Gasteiger partial charge in [0, 0.05) is 24.0 Å². The van der Waals surface area contributed by atoms with Crippen LogP contribution in [0.3, 0.4) is 0 Å². The van der Waals surface area contributed by atoms with Gasteiger partial charge in [-0.15, -0.1) is 0 Å². The maximum atomic E-state index is 13.7. The number of nitrogens with zero attached hydrogens (tertiary/aromatic N) is 3. The summed E-state index contributed by atoms with van der Waals surface area (Å²) in [7, 11) is 0. The van der Waals surface area contributed by atoms with Gasteiger partial charge in [-0.25, -0.2) is 19.2 Å². The number of carbonyl (C=O) groups excluding carboxylic acids is 1. The van der Waals surface area contributed by atoms with Crippen molar-refractivity contribution in [3.05, 3.63) is 47.7 Å². The summed E-state index contributed by atoms with van der Waals surface area (Å²) in [6.07, 6.45) is 4.44. The molecular formula is C24H30FN5O3. The van der Waals surface area contributed by atoms with Crippen molar-refractivity contribution in [2.24, 2.45) is 5.92 Å². The zero-order valence-corrected chi connectivity index (χ0v) is 19.4. The quantitative estimate of drug-likeness (QED) is 0.522. The van der Waals surface area contributed by atoms with Crippen LogP contribution in [0.1, 0.15) is 51.0 Å². The van der Waals surface area contributed by atoms with Crippen molar-refractivity contribution in [1.82, 2.24) is 15.3 Å². The van der Waals surface area contributed by atoms with E-state index in [4.69, 9.17) is 4.42 Å².